The van der Waals surface area contributed by atoms with E-state index >= 15 is 0 Å². The summed E-state index contributed by atoms with van der Waals surface area (Å²) in [7, 11) is 0. The summed E-state index contributed by atoms with van der Waals surface area (Å²) in [6.45, 7) is 10.0. The van der Waals surface area contributed by atoms with Crippen molar-refractivity contribution in [2.45, 2.75) is 65.6 Å². The Balaban J connectivity index is 2.24. The SMILES string of the molecule is CCC(C(=O)NC(C)C)N(Cc1ccc(Cl)cc1)C(=O)COc1ccccc1C(C)C. The maximum absolute atomic E-state index is 13.3. The molecule has 0 aliphatic carbocycles. The topological polar surface area (TPSA) is 58.6 Å². The van der Waals surface area contributed by atoms with Gasteiger partial charge in [0.05, 0.1) is 0 Å². The highest BCUT2D eigenvalue weighted by molar-refractivity contribution is 6.30. The normalized spacial score (nSPS) is 12.0. The molecule has 0 bridgehead atoms. The Hall–Kier alpha value is -2.53. The molecule has 0 aliphatic heterocycles. The molecule has 6 heteroatoms. The quantitative estimate of drug-likeness (QED) is 0.549. The minimum Gasteiger partial charge on any atom is -0.483 e. The number of carbonyl (C=O) groups excluding carboxylic acids is 2. The van der Waals surface area contributed by atoms with Crippen molar-refractivity contribution >= 4 is 23.4 Å². The zero-order valence-corrected chi connectivity index (χ0v) is 19.8. The monoisotopic (exact) mass is 444 g/mol. The number of halogens is 1. The van der Waals surface area contributed by atoms with Gasteiger partial charge in [0.15, 0.2) is 6.61 Å². The van der Waals surface area contributed by atoms with Crippen molar-refractivity contribution in [2.75, 3.05) is 6.61 Å². The summed E-state index contributed by atoms with van der Waals surface area (Å²) in [5.41, 5.74) is 1.94. The van der Waals surface area contributed by atoms with Gasteiger partial charge in [-0.25, -0.2) is 0 Å². The molecule has 0 saturated heterocycles. The molecule has 0 spiro atoms. The second-order valence-corrected chi connectivity index (χ2v) is 8.65. The summed E-state index contributed by atoms with van der Waals surface area (Å²) in [6.07, 6.45) is 0.500. The lowest BCUT2D eigenvalue weighted by atomic mass is 10.0. The smallest absolute Gasteiger partial charge is 0.261 e. The molecule has 0 fully saturated rings. The van der Waals surface area contributed by atoms with E-state index in [1.807, 2.05) is 57.2 Å². The van der Waals surface area contributed by atoms with Crippen molar-refractivity contribution in [3.05, 3.63) is 64.7 Å². The highest BCUT2D eigenvalue weighted by Gasteiger charge is 2.29. The van der Waals surface area contributed by atoms with Crippen LogP contribution >= 0.6 is 11.6 Å². The third kappa shape index (κ3) is 7.28. The summed E-state index contributed by atoms with van der Waals surface area (Å²) < 4.78 is 5.91. The van der Waals surface area contributed by atoms with E-state index in [1.165, 1.54) is 0 Å². The molecule has 1 unspecified atom stereocenters. The van der Waals surface area contributed by atoms with Crippen LogP contribution in [-0.4, -0.2) is 35.4 Å². The van der Waals surface area contributed by atoms with Gasteiger partial charge in [0, 0.05) is 17.6 Å². The van der Waals surface area contributed by atoms with Gasteiger partial charge in [0.2, 0.25) is 5.91 Å². The highest BCUT2D eigenvalue weighted by Crippen LogP contribution is 2.26. The number of carbonyl (C=O) groups is 2. The number of benzene rings is 2. The Morgan fingerprint density at radius 3 is 2.26 bits per heavy atom. The highest BCUT2D eigenvalue weighted by atomic mass is 35.5. The van der Waals surface area contributed by atoms with Crippen molar-refractivity contribution in [1.29, 1.82) is 0 Å². The van der Waals surface area contributed by atoms with Gasteiger partial charge in [-0.1, -0.05) is 62.7 Å². The van der Waals surface area contributed by atoms with Gasteiger partial charge in [-0.3, -0.25) is 9.59 Å². The lowest BCUT2D eigenvalue weighted by molar-refractivity contribution is -0.143. The van der Waals surface area contributed by atoms with Crippen LogP contribution in [0.4, 0.5) is 0 Å². The van der Waals surface area contributed by atoms with Crippen molar-refractivity contribution in [1.82, 2.24) is 10.2 Å². The molecule has 2 amide bonds. The summed E-state index contributed by atoms with van der Waals surface area (Å²) in [5, 5.41) is 3.55. The van der Waals surface area contributed by atoms with Gasteiger partial charge in [-0.2, -0.15) is 0 Å². The fourth-order valence-corrected chi connectivity index (χ4v) is 3.52. The van der Waals surface area contributed by atoms with Crippen LogP contribution in [0.1, 0.15) is 58.1 Å². The van der Waals surface area contributed by atoms with E-state index in [2.05, 4.69) is 19.2 Å². The molecular formula is C25H33ClN2O3. The van der Waals surface area contributed by atoms with E-state index in [0.29, 0.717) is 23.7 Å². The molecule has 2 aromatic carbocycles. The Morgan fingerprint density at radius 1 is 1.03 bits per heavy atom. The Morgan fingerprint density at radius 2 is 1.68 bits per heavy atom. The number of nitrogens with one attached hydrogen (secondary N) is 1. The van der Waals surface area contributed by atoms with Crippen molar-refractivity contribution < 1.29 is 14.3 Å². The molecule has 5 nitrogen and oxygen atoms in total. The number of nitrogens with zero attached hydrogens (tertiary/aromatic N) is 1. The fourth-order valence-electron chi connectivity index (χ4n) is 3.40. The molecule has 31 heavy (non-hydrogen) atoms. The summed E-state index contributed by atoms with van der Waals surface area (Å²) in [6, 6.07) is 14.4. The van der Waals surface area contributed by atoms with E-state index in [-0.39, 0.29) is 30.4 Å². The minimum absolute atomic E-state index is 0.0109. The largest absolute Gasteiger partial charge is 0.483 e. The van der Waals surface area contributed by atoms with Crippen LogP contribution in [-0.2, 0) is 16.1 Å². The maximum atomic E-state index is 13.3. The number of hydrogen-bond donors (Lipinski definition) is 1. The maximum Gasteiger partial charge on any atom is 0.261 e. The number of amides is 2. The number of rotatable bonds is 10. The standard InChI is InChI=1S/C25H33ClN2O3/c1-6-22(25(30)27-18(4)5)28(15-19-11-13-20(26)14-12-19)24(29)16-31-23-10-8-7-9-21(23)17(2)3/h7-14,17-18,22H,6,15-16H2,1-5H3,(H,27,30). The first-order valence-electron chi connectivity index (χ1n) is 10.8. The first kappa shape index (κ1) is 24.7. The van der Waals surface area contributed by atoms with Crippen molar-refractivity contribution in [3.63, 3.8) is 0 Å². The van der Waals surface area contributed by atoms with E-state index in [1.54, 1.807) is 17.0 Å². The van der Waals surface area contributed by atoms with Crippen molar-refractivity contribution in [2.24, 2.45) is 0 Å². The third-order valence-corrected chi connectivity index (χ3v) is 5.23. The van der Waals surface area contributed by atoms with Gasteiger partial charge in [0.1, 0.15) is 11.8 Å². The Bertz CT molecular complexity index is 865. The van der Waals surface area contributed by atoms with E-state index in [0.717, 1.165) is 11.1 Å². The first-order valence-corrected chi connectivity index (χ1v) is 11.2. The number of para-hydroxylation sites is 1. The van der Waals surface area contributed by atoms with Gasteiger partial charge < -0.3 is 15.0 Å². The van der Waals surface area contributed by atoms with Gasteiger partial charge in [-0.15, -0.1) is 0 Å². The zero-order valence-electron chi connectivity index (χ0n) is 19.0. The third-order valence-electron chi connectivity index (χ3n) is 4.98. The lowest BCUT2D eigenvalue weighted by Gasteiger charge is -2.31. The summed E-state index contributed by atoms with van der Waals surface area (Å²) in [4.78, 5) is 27.7. The molecule has 2 aromatic rings. The van der Waals surface area contributed by atoms with Crippen LogP contribution in [0.15, 0.2) is 48.5 Å². The summed E-state index contributed by atoms with van der Waals surface area (Å²) in [5.74, 6) is 0.565. The van der Waals surface area contributed by atoms with Crippen molar-refractivity contribution in [3.8, 4) is 5.75 Å². The number of hydrogen-bond acceptors (Lipinski definition) is 3. The average molecular weight is 445 g/mol. The van der Waals surface area contributed by atoms with E-state index < -0.39 is 6.04 Å². The first-order chi connectivity index (χ1) is 14.7. The predicted octanol–water partition coefficient (Wildman–Crippen LogP) is 5.17. The minimum atomic E-state index is -0.588. The predicted molar refractivity (Wildman–Crippen MR) is 125 cm³/mol. The molecule has 0 aromatic heterocycles. The Kier molecular flexibility index (Phi) is 9.38. The zero-order chi connectivity index (χ0) is 23.0. The fraction of sp³-hybridized carbons (Fsp3) is 0.440. The molecule has 0 aliphatic rings. The van der Waals surface area contributed by atoms with Gasteiger partial charge >= 0.3 is 0 Å². The van der Waals surface area contributed by atoms with E-state index in [4.69, 9.17) is 16.3 Å². The lowest BCUT2D eigenvalue weighted by Crippen LogP contribution is -2.51. The van der Waals surface area contributed by atoms with Crippen LogP contribution in [0.25, 0.3) is 0 Å². The summed E-state index contributed by atoms with van der Waals surface area (Å²) >= 11 is 6.00. The molecular weight excluding hydrogens is 412 g/mol. The molecule has 0 radical (unpaired) electrons. The molecule has 0 heterocycles. The van der Waals surface area contributed by atoms with Gasteiger partial charge in [-0.05, 0) is 55.5 Å². The van der Waals surface area contributed by atoms with Gasteiger partial charge in [0.25, 0.3) is 5.91 Å². The van der Waals surface area contributed by atoms with Crippen LogP contribution < -0.4 is 10.1 Å². The molecule has 2 rings (SSSR count). The van der Waals surface area contributed by atoms with E-state index in [9.17, 15) is 9.59 Å². The molecule has 1 N–H and O–H groups in total. The molecule has 1 atom stereocenters. The van der Waals surface area contributed by atoms with Crippen LogP contribution in [0, 0.1) is 0 Å². The average Bonchev–Trinajstić information content (AvgIpc) is 2.72. The van der Waals surface area contributed by atoms with Crippen LogP contribution in [0.2, 0.25) is 5.02 Å². The second-order valence-electron chi connectivity index (χ2n) is 8.22. The molecule has 168 valence electrons. The molecule has 0 saturated carbocycles. The Labute approximate surface area is 190 Å². The van der Waals surface area contributed by atoms with Crippen LogP contribution in [0.3, 0.4) is 0 Å². The van der Waals surface area contributed by atoms with Crippen LogP contribution in [0.5, 0.6) is 5.75 Å². The second kappa shape index (κ2) is 11.8. The number of ether oxygens (including phenoxy) is 1.